The monoisotopic (exact) mass is 157 g/mol. The van der Waals surface area contributed by atoms with Crippen LogP contribution < -0.4 is 5.32 Å². The summed E-state index contributed by atoms with van der Waals surface area (Å²) in [6.45, 7) is 11.4. The van der Waals surface area contributed by atoms with Gasteiger partial charge >= 0.3 is 0 Å². The van der Waals surface area contributed by atoms with E-state index in [1.807, 2.05) is 13.0 Å². The first kappa shape index (κ1) is 10.7. The molecule has 2 atom stereocenters. The van der Waals surface area contributed by atoms with E-state index in [9.17, 15) is 0 Å². The Morgan fingerprint density at radius 1 is 1.55 bits per heavy atom. The third kappa shape index (κ3) is 6.07. The second-order valence-corrected chi connectivity index (χ2v) is 2.75. The number of rotatable bonds is 6. The van der Waals surface area contributed by atoms with Gasteiger partial charge in [-0.2, -0.15) is 0 Å². The third-order valence-electron chi connectivity index (χ3n) is 1.47. The fourth-order valence-corrected chi connectivity index (χ4v) is 0.860. The quantitative estimate of drug-likeness (QED) is 0.591. The Hall–Kier alpha value is -0.340. The minimum atomic E-state index is 0.366. The summed E-state index contributed by atoms with van der Waals surface area (Å²) in [5, 5.41) is 3.32. The van der Waals surface area contributed by atoms with Gasteiger partial charge in [0.15, 0.2) is 0 Å². The number of hydrogen-bond donors (Lipinski definition) is 1. The molecule has 11 heavy (non-hydrogen) atoms. The highest BCUT2D eigenvalue weighted by Crippen LogP contribution is 1.89. The van der Waals surface area contributed by atoms with Crippen molar-refractivity contribution >= 4 is 0 Å². The second kappa shape index (κ2) is 6.38. The molecule has 2 heteroatoms. The minimum Gasteiger partial charge on any atom is -0.380 e. The van der Waals surface area contributed by atoms with Crippen LogP contribution in [0.2, 0.25) is 0 Å². The van der Waals surface area contributed by atoms with Gasteiger partial charge in [-0.1, -0.05) is 6.08 Å². The van der Waals surface area contributed by atoms with Gasteiger partial charge in [0.25, 0.3) is 0 Å². The van der Waals surface area contributed by atoms with Crippen molar-refractivity contribution in [2.75, 3.05) is 13.2 Å². The zero-order valence-corrected chi connectivity index (χ0v) is 7.76. The van der Waals surface area contributed by atoms with Crippen LogP contribution in [0.3, 0.4) is 0 Å². The van der Waals surface area contributed by atoms with E-state index in [4.69, 9.17) is 4.74 Å². The van der Waals surface area contributed by atoms with Crippen molar-refractivity contribution in [1.82, 2.24) is 5.32 Å². The van der Waals surface area contributed by atoms with Gasteiger partial charge in [-0.25, -0.2) is 0 Å². The summed E-state index contributed by atoms with van der Waals surface area (Å²) in [5.74, 6) is 0. The van der Waals surface area contributed by atoms with Crippen molar-refractivity contribution < 1.29 is 4.74 Å². The molecule has 0 aliphatic heterocycles. The molecule has 0 spiro atoms. The van der Waals surface area contributed by atoms with Crippen LogP contribution in [0.5, 0.6) is 0 Å². The molecule has 2 nitrogen and oxygen atoms in total. The van der Waals surface area contributed by atoms with Gasteiger partial charge in [-0.15, -0.1) is 6.58 Å². The van der Waals surface area contributed by atoms with Gasteiger partial charge in [0.05, 0.1) is 6.61 Å². The minimum absolute atomic E-state index is 0.366. The Bertz CT molecular complexity index is 104. The zero-order chi connectivity index (χ0) is 8.69. The van der Waals surface area contributed by atoms with Crippen molar-refractivity contribution in [3.8, 4) is 0 Å². The van der Waals surface area contributed by atoms with E-state index >= 15 is 0 Å². The van der Waals surface area contributed by atoms with Crippen LogP contribution >= 0.6 is 0 Å². The highest BCUT2D eigenvalue weighted by molar-refractivity contribution is 4.83. The van der Waals surface area contributed by atoms with Crippen LogP contribution in [0.1, 0.15) is 20.8 Å². The Morgan fingerprint density at radius 2 is 2.18 bits per heavy atom. The molecule has 0 amide bonds. The first-order chi connectivity index (χ1) is 5.20. The third-order valence-corrected chi connectivity index (χ3v) is 1.47. The number of ether oxygens (including phenoxy) is 1. The highest BCUT2D eigenvalue weighted by atomic mass is 16.5. The lowest BCUT2D eigenvalue weighted by atomic mass is 10.3. The first-order valence-corrected chi connectivity index (χ1v) is 4.17. The van der Waals surface area contributed by atoms with Crippen molar-refractivity contribution in [2.45, 2.75) is 32.9 Å². The molecule has 66 valence electrons. The van der Waals surface area contributed by atoms with Gasteiger partial charge < -0.3 is 10.1 Å². The molecule has 0 aliphatic rings. The summed E-state index contributed by atoms with van der Waals surface area (Å²) in [6.07, 6.45) is 1.89. The molecule has 0 aromatic carbocycles. The summed E-state index contributed by atoms with van der Waals surface area (Å²) in [4.78, 5) is 0. The maximum atomic E-state index is 5.24. The lowest BCUT2D eigenvalue weighted by Gasteiger charge is -2.16. The van der Waals surface area contributed by atoms with Crippen LogP contribution in [-0.2, 0) is 4.74 Å². The average Bonchev–Trinajstić information content (AvgIpc) is 2.00. The molecular weight excluding hydrogens is 138 g/mol. The molecule has 0 saturated heterocycles. The lowest BCUT2D eigenvalue weighted by molar-refractivity contribution is 0.126. The van der Waals surface area contributed by atoms with E-state index in [0.717, 1.165) is 13.2 Å². The molecule has 0 heterocycles. The first-order valence-electron chi connectivity index (χ1n) is 4.17. The predicted molar refractivity (Wildman–Crippen MR) is 48.7 cm³/mol. The smallest absolute Gasteiger partial charge is 0.0616 e. The van der Waals surface area contributed by atoms with Gasteiger partial charge in [0.2, 0.25) is 0 Å². The summed E-state index contributed by atoms with van der Waals surface area (Å²) in [6, 6.07) is 0.772. The predicted octanol–water partition coefficient (Wildman–Crippen LogP) is 1.58. The van der Waals surface area contributed by atoms with Gasteiger partial charge in [-0.3, -0.25) is 0 Å². The van der Waals surface area contributed by atoms with E-state index in [1.54, 1.807) is 0 Å². The Labute approximate surface area is 69.6 Å². The number of hydrogen-bond acceptors (Lipinski definition) is 2. The van der Waals surface area contributed by atoms with Crippen molar-refractivity contribution in [3.63, 3.8) is 0 Å². The van der Waals surface area contributed by atoms with Crippen LogP contribution in [0.4, 0.5) is 0 Å². The van der Waals surface area contributed by atoms with Gasteiger partial charge in [0.1, 0.15) is 0 Å². The summed E-state index contributed by atoms with van der Waals surface area (Å²) >= 11 is 0. The molecule has 0 bridgehead atoms. The molecule has 0 radical (unpaired) electrons. The van der Waals surface area contributed by atoms with Crippen molar-refractivity contribution in [1.29, 1.82) is 0 Å². The standard InChI is InChI=1S/C9H19NO/c1-5-8(3)10-9(4)7-11-6-2/h5,8-10H,1,6-7H2,2-4H3. The van der Waals surface area contributed by atoms with Gasteiger partial charge in [-0.05, 0) is 20.8 Å². The average molecular weight is 157 g/mol. The molecule has 0 aliphatic carbocycles. The summed E-state index contributed by atoms with van der Waals surface area (Å²) in [7, 11) is 0. The largest absolute Gasteiger partial charge is 0.380 e. The Morgan fingerprint density at radius 3 is 2.64 bits per heavy atom. The molecule has 0 aromatic heterocycles. The number of nitrogens with one attached hydrogen (secondary N) is 1. The molecular formula is C9H19NO. The fourth-order valence-electron chi connectivity index (χ4n) is 0.860. The SMILES string of the molecule is C=CC(C)NC(C)COCC. The Balaban J connectivity index is 3.34. The molecule has 0 fully saturated rings. The van der Waals surface area contributed by atoms with E-state index in [2.05, 4.69) is 25.7 Å². The van der Waals surface area contributed by atoms with Crippen LogP contribution in [0, 0.1) is 0 Å². The summed E-state index contributed by atoms with van der Waals surface area (Å²) < 4.78 is 5.24. The van der Waals surface area contributed by atoms with Crippen LogP contribution in [0.25, 0.3) is 0 Å². The van der Waals surface area contributed by atoms with Crippen LogP contribution in [0.15, 0.2) is 12.7 Å². The van der Waals surface area contributed by atoms with Crippen molar-refractivity contribution in [2.24, 2.45) is 0 Å². The lowest BCUT2D eigenvalue weighted by Crippen LogP contribution is -2.36. The maximum absolute atomic E-state index is 5.24. The second-order valence-electron chi connectivity index (χ2n) is 2.75. The van der Waals surface area contributed by atoms with Crippen molar-refractivity contribution in [3.05, 3.63) is 12.7 Å². The Kier molecular flexibility index (Phi) is 6.18. The normalized spacial score (nSPS) is 15.9. The van der Waals surface area contributed by atoms with E-state index < -0.39 is 0 Å². The van der Waals surface area contributed by atoms with E-state index in [0.29, 0.717) is 12.1 Å². The summed E-state index contributed by atoms with van der Waals surface area (Å²) in [5.41, 5.74) is 0. The highest BCUT2D eigenvalue weighted by Gasteiger charge is 2.02. The maximum Gasteiger partial charge on any atom is 0.0616 e. The molecule has 1 N–H and O–H groups in total. The molecule has 0 rings (SSSR count). The van der Waals surface area contributed by atoms with Crippen LogP contribution in [-0.4, -0.2) is 25.3 Å². The molecule has 0 aromatic rings. The molecule has 2 unspecified atom stereocenters. The molecule has 0 saturated carbocycles. The van der Waals surface area contributed by atoms with E-state index in [-0.39, 0.29) is 0 Å². The van der Waals surface area contributed by atoms with E-state index in [1.165, 1.54) is 0 Å². The topological polar surface area (TPSA) is 21.3 Å². The fraction of sp³-hybridized carbons (Fsp3) is 0.778. The zero-order valence-electron chi connectivity index (χ0n) is 7.76. The van der Waals surface area contributed by atoms with Gasteiger partial charge in [0, 0.05) is 18.7 Å².